The van der Waals surface area contributed by atoms with Crippen molar-refractivity contribution in [1.29, 1.82) is 0 Å². The van der Waals surface area contributed by atoms with Crippen LogP contribution in [-0.4, -0.2) is 19.9 Å². The van der Waals surface area contributed by atoms with E-state index in [9.17, 15) is 8.42 Å². The quantitative estimate of drug-likeness (QED) is 0.479. The van der Waals surface area contributed by atoms with Gasteiger partial charge in [-0.1, -0.05) is 6.92 Å². The molecule has 66 valence electrons. The van der Waals surface area contributed by atoms with Crippen LogP contribution >= 0.6 is 0 Å². The molecule has 0 bridgehead atoms. The first-order chi connectivity index (χ1) is 4.10. The fourth-order valence-corrected chi connectivity index (χ4v) is 2.73. The van der Waals surface area contributed by atoms with Crippen molar-refractivity contribution in [3.05, 3.63) is 0 Å². The summed E-state index contributed by atoms with van der Waals surface area (Å²) < 4.78 is 21.6. The van der Waals surface area contributed by atoms with Crippen LogP contribution in [0.4, 0.5) is 0 Å². The van der Waals surface area contributed by atoms with E-state index in [2.05, 4.69) is 6.92 Å². The molecule has 0 aromatic carbocycles. The van der Waals surface area contributed by atoms with E-state index in [1.165, 1.54) is 0 Å². The van der Waals surface area contributed by atoms with Gasteiger partial charge < -0.3 is 0 Å². The van der Waals surface area contributed by atoms with Gasteiger partial charge in [-0.05, 0) is 18.8 Å². The van der Waals surface area contributed by atoms with E-state index in [1.807, 2.05) is 0 Å². The minimum Gasteiger partial charge on any atom is -0.229 e. The molecule has 0 aliphatic carbocycles. The van der Waals surface area contributed by atoms with Crippen molar-refractivity contribution in [3.8, 4) is 0 Å². The molecule has 1 rings (SSSR count). The smallest absolute Gasteiger partial charge is 0.150 e. The molecule has 1 heterocycles. The third-order valence-electron chi connectivity index (χ3n) is 1.84. The molecule has 1 aliphatic heterocycles. The molecule has 0 amide bonds. The number of rotatable bonds is 0. The predicted molar refractivity (Wildman–Crippen MR) is 37.1 cm³/mol. The van der Waals surface area contributed by atoms with Gasteiger partial charge in [-0.2, -0.15) is 0 Å². The average Bonchev–Trinajstić information content (AvgIpc) is 1.78. The van der Waals surface area contributed by atoms with Crippen LogP contribution in [0, 0.1) is 5.92 Å². The monoisotopic (exact) mass is 516 g/mol. The maximum absolute atomic E-state index is 10.8. The number of sulfone groups is 1. The van der Waals surface area contributed by atoms with Gasteiger partial charge in [0.2, 0.25) is 0 Å². The van der Waals surface area contributed by atoms with E-state index >= 15 is 0 Å². The Balaban J connectivity index is 0. The molecule has 0 aromatic rings. The summed E-state index contributed by atoms with van der Waals surface area (Å²) in [6.07, 6.45) is 1.73. The van der Waals surface area contributed by atoms with Gasteiger partial charge in [0.15, 0.2) is 0 Å². The van der Waals surface area contributed by atoms with Gasteiger partial charge in [0.25, 0.3) is 0 Å². The molecule has 2 nitrogen and oxygen atoms in total. The predicted octanol–water partition coefficient (Wildman–Crippen LogP) is 0.826. The van der Waals surface area contributed by atoms with Crippen molar-refractivity contribution >= 4 is 9.84 Å². The van der Waals surface area contributed by atoms with E-state index < -0.39 is 9.84 Å². The third-order valence-corrected chi connectivity index (χ3v) is 3.56. The minimum atomic E-state index is -2.62. The van der Waals surface area contributed by atoms with Crippen LogP contribution in [0.3, 0.4) is 0 Å². The van der Waals surface area contributed by atoms with Crippen LogP contribution in [0.15, 0.2) is 0 Å². The molecular weight excluding hydrogens is 504 g/mol. The van der Waals surface area contributed by atoms with Crippen LogP contribution in [0.25, 0.3) is 0 Å². The Bertz CT molecular complexity index is 175. The molecular formula is C6H12O2SW2. The van der Waals surface area contributed by atoms with Gasteiger partial charge in [0.1, 0.15) is 9.84 Å². The zero-order valence-corrected chi connectivity index (χ0v) is 13.1. The fourth-order valence-electron chi connectivity index (χ4n) is 1.01. The van der Waals surface area contributed by atoms with E-state index in [0.717, 1.165) is 12.8 Å². The second-order valence-corrected chi connectivity index (χ2v) is 5.14. The van der Waals surface area contributed by atoms with Crippen molar-refractivity contribution in [3.63, 3.8) is 0 Å². The standard InChI is InChI=1S/C6H12O2S.2W/c1-6-2-4-9(7,8)5-3-6;;/h6H,2-5H2,1H3;;. The molecule has 0 saturated carbocycles. The molecule has 0 N–H and O–H groups in total. The van der Waals surface area contributed by atoms with Gasteiger partial charge >= 0.3 is 0 Å². The van der Waals surface area contributed by atoms with Crippen LogP contribution in [0.5, 0.6) is 0 Å². The second kappa shape index (κ2) is 5.88. The summed E-state index contributed by atoms with van der Waals surface area (Å²) in [5.41, 5.74) is 0. The minimum absolute atomic E-state index is 0. The van der Waals surface area contributed by atoms with Crippen LogP contribution in [-0.2, 0) is 52.0 Å². The zero-order valence-electron chi connectivity index (χ0n) is 6.45. The van der Waals surface area contributed by atoms with Crippen molar-refractivity contribution in [1.82, 2.24) is 0 Å². The summed E-state index contributed by atoms with van der Waals surface area (Å²) in [6.45, 7) is 2.11. The van der Waals surface area contributed by atoms with Gasteiger partial charge in [0.05, 0.1) is 11.5 Å². The summed E-state index contributed by atoms with van der Waals surface area (Å²) in [5, 5.41) is 0. The van der Waals surface area contributed by atoms with Crippen molar-refractivity contribution < 1.29 is 50.5 Å². The molecule has 0 unspecified atom stereocenters. The molecule has 11 heavy (non-hydrogen) atoms. The maximum atomic E-state index is 10.8. The molecule has 1 saturated heterocycles. The Labute approximate surface area is 97.0 Å². The van der Waals surface area contributed by atoms with Crippen LogP contribution in [0.1, 0.15) is 19.8 Å². The Morgan fingerprint density at radius 1 is 1.09 bits per heavy atom. The van der Waals surface area contributed by atoms with Crippen LogP contribution < -0.4 is 0 Å². The van der Waals surface area contributed by atoms with Crippen molar-refractivity contribution in [2.45, 2.75) is 19.8 Å². The Morgan fingerprint density at radius 2 is 1.45 bits per heavy atom. The van der Waals surface area contributed by atoms with Gasteiger partial charge in [-0.3, -0.25) is 0 Å². The molecule has 0 spiro atoms. The van der Waals surface area contributed by atoms with E-state index in [1.54, 1.807) is 0 Å². The maximum Gasteiger partial charge on any atom is 0.150 e. The number of hydrogen-bond donors (Lipinski definition) is 0. The zero-order chi connectivity index (χ0) is 6.91. The topological polar surface area (TPSA) is 34.1 Å². The first kappa shape index (κ1) is 14.8. The number of hydrogen-bond acceptors (Lipinski definition) is 2. The van der Waals surface area contributed by atoms with E-state index in [0.29, 0.717) is 17.4 Å². The van der Waals surface area contributed by atoms with Gasteiger partial charge in [0, 0.05) is 42.1 Å². The molecule has 0 radical (unpaired) electrons. The Hall–Kier alpha value is 1.33. The van der Waals surface area contributed by atoms with Crippen molar-refractivity contribution in [2.75, 3.05) is 11.5 Å². The molecule has 5 heteroatoms. The summed E-state index contributed by atoms with van der Waals surface area (Å²) in [4.78, 5) is 0. The Kier molecular flexibility index (Phi) is 7.93. The van der Waals surface area contributed by atoms with Gasteiger partial charge in [-0.15, -0.1) is 0 Å². The van der Waals surface area contributed by atoms with Crippen LogP contribution in [0.2, 0.25) is 0 Å². The summed E-state index contributed by atoms with van der Waals surface area (Å²) in [7, 11) is -2.62. The molecule has 1 aliphatic rings. The molecule has 0 aromatic heterocycles. The molecule has 1 fully saturated rings. The average molecular weight is 516 g/mol. The summed E-state index contributed by atoms with van der Waals surface area (Å²) >= 11 is 0. The largest absolute Gasteiger partial charge is 0.229 e. The fraction of sp³-hybridized carbons (Fsp3) is 1.00. The first-order valence-corrected chi connectivity index (χ1v) is 5.13. The van der Waals surface area contributed by atoms with E-state index in [-0.39, 0.29) is 42.1 Å². The first-order valence-electron chi connectivity index (χ1n) is 3.30. The van der Waals surface area contributed by atoms with E-state index in [4.69, 9.17) is 0 Å². The Morgan fingerprint density at radius 3 is 1.73 bits per heavy atom. The normalized spacial score (nSPS) is 23.0. The SMILES string of the molecule is CC1CCS(=O)(=O)CC1.[W].[W]. The third kappa shape index (κ3) is 5.55. The summed E-state index contributed by atoms with van der Waals surface area (Å²) in [5.74, 6) is 1.44. The summed E-state index contributed by atoms with van der Waals surface area (Å²) in [6, 6.07) is 0. The molecule has 0 atom stereocenters. The second-order valence-electron chi connectivity index (χ2n) is 2.83. The van der Waals surface area contributed by atoms with Gasteiger partial charge in [-0.25, -0.2) is 8.42 Å². The van der Waals surface area contributed by atoms with Crippen molar-refractivity contribution in [2.24, 2.45) is 5.92 Å².